The third-order valence-corrected chi connectivity index (χ3v) is 4.64. The van der Waals surface area contributed by atoms with Crippen LogP contribution in [0.1, 0.15) is 33.2 Å². The predicted octanol–water partition coefficient (Wildman–Crippen LogP) is 4.67. The van der Waals surface area contributed by atoms with Gasteiger partial charge in [-0.3, -0.25) is 9.59 Å². The Balaban J connectivity index is 1.78. The number of anilines is 1. The summed E-state index contributed by atoms with van der Waals surface area (Å²) in [6, 6.07) is 20.2. The molecular weight excluding hydrogens is 364 g/mol. The largest absolute Gasteiger partial charge is 0.497 e. The lowest BCUT2D eigenvalue weighted by molar-refractivity contribution is 0.0955. The molecule has 0 aliphatic carbocycles. The van der Waals surface area contributed by atoms with Gasteiger partial charge < -0.3 is 15.4 Å². The first-order valence-electron chi connectivity index (χ1n) is 9.46. The van der Waals surface area contributed by atoms with Crippen molar-refractivity contribution >= 4 is 17.5 Å². The zero-order chi connectivity index (χ0) is 20.8. The zero-order valence-electron chi connectivity index (χ0n) is 16.8. The number of methoxy groups -OCH3 is 1. The highest BCUT2D eigenvalue weighted by Crippen LogP contribution is 2.25. The van der Waals surface area contributed by atoms with Crippen molar-refractivity contribution in [3.05, 3.63) is 83.4 Å². The van der Waals surface area contributed by atoms with Crippen LogP contribution in [0.5, 0.6) is 5.75 Å². The van der Waals surface area contributed by atoms with E-state index >= 15 is 0 Å². The number of benzene rings is 3. The van der Waals surface area contributed by atoms with Gasteiger partial charge in [-0.05, 0) is 79.1 Å². The number of rotatable bonds is 6. The fourth-order valence-electron chi connectivity index (χ4n) is 3.02. The molecule has 0 radical (unpaired) electrons. The highest BCUT2D eigenvalue weighted by Gasteiger charge is 2.11. The van der Waals surface area contributed by atoms with Crippen LogP contribution < -0.4 is 15.4 Å². The molecule has 3 aromatic carbocycles. The topological polar surface area (TPSA) is 67.4 Å². The van der Waals surface area contributed by atoms with Crippen molar-refractivity contribution in [1.29, 1.82) is 0 Å². The monoisotopic (exact) mass is 388 g/mol. The van der Waals surface area contributed by atoms with E-state index in [1.165, 1.54) is 0 Å². The summed E-state index contributed by atoms with van der Waals surface area (Å²) in [4.78, 5) is 24.6. The molecule has 5 heteroatoms. The van der Waals surface area contributed by atoms with E-state index < -0.39 is 0 Å². The number of carbonyl (C=O) groups is 2. The molecule has 0 saturated heterocycles. The van der Waals surface area contributed by atoms with Crippen LogP contribution in [0.4, 0.5) is 5.69 Å². The van der Waals surface area contributed by atoms with E-state index in [0.717, 1.165) is 22.4 Å². The summed E-state index contributed by atoms with van der Waals surface area (Å²) in [5.74, 6) is 0.455. The molecule has 0 aliphatic rings. The second kappa shape index (κ2) is 9.06. The predicted molar refractivity (Wildman–Crippen MR) is 116 cm³/mol. The summed E-state index contributed by atoms with van der Waals surface area (Å²) in [7, 11) is 1.60. The number of hydrogen-bond donors (Lipinski definition) is 2. The standard InChI is InChI=1S/C24H24N2O3/c1-4-25-23(27)19-6-5-16(2)22(15-19)17-7-9-18(10-8-17)24(28)26-20-11-13-21(29-3)14-12-20/h5-15H,4H2,1-3H3,(H,25,27)(H,26,28). The molecule has 148 valence electrons. The van der Waals surface area contributed by atoms with Crippen LogP contribution in [0.2, 0.25) is 0 Å². The molecule has 0 spiro atoms. The molecule has 0 heterocycles. The summed E-state index contributed by atoms with van der Waals surface area (Å²) in [6.07, 6.45) is 0. The fourth-order valence-corrected chi connectivity index (χ4v) is 3.02. The van der Waals surface area contributed by atoms with Gasteiger partial charge in [0, 0.05) is 23.4 Å². The van der Waals surface area contributed by atoms with Gasteiger partial charge in [0.1, 0.15) is 5.75 Å². The first-order valence-corrected chi connectivity index (χ1v) is 9.46. The molecule has 2 amide bonds. The Morgan fingerprint density at radius 2 is 1.52 bits per heavy atom. The smallest absolute Gasteiger partial charge is 0.255 e. The second-order valence-electron chi connectivity index (χ2n) is 6.65. The minimum absolute atomic E-state index is 0.0933. The lowest BCUT2D eigenvalue weighted by Gasteiger charge is -2.11. The summed E-state index contributed by atoms with van der Waals surface area (Å²) >= 11 is 0. The van der Waals surface area contributed by atoms with Crippen molar-refractivity contribution in [2.24, 2.45) is 0 Å². The van der Waals surface area contributed by atoms with Crippen molar-refractivity contribution in [3.8, 4) is 16.9 Å². The molecule has 0 atom stereocenters. The highest BCUT2D eigenvalue weighted by atomic mass is 16.5. The van der Waals surface area contributed by atoms with Gasteiger partial charge in [0.2, 0.25) is 0 Å². The number of nitrogens with one attached hydrogen (secondary N) is 2. The summed E-state index contributed by atoms with van der Waals surface area (Å²) in [6.45, 7) is 4.48. The third kappa shape index (κ3) is 4.82. The lowest BCUT2D eigenvalue weighted by Crippen LogP contribution is -2.22. The molecule has 0 bridgehead atoms. The Bertz CT molecular complexity index is 1010. The molecule has 0 aliphatic heterocycles. The third-order valence-electron chi connectivity index (χ3n) is 4.64. The van der Waals surface area contributed by atoms with E-state index in [2.05, 4.69) is 10.6 Å². The van der Waals surface area contributed by atoms with Gasteiger partial charge in [0.15, 0.2) is 0 Å². The van der Waals surface area contributed by atoms with Crippen molar-refractivity contribution in [2.75, 3.05) is 19.0 Å². The minimum atomic E-state index is -0.186. The van der Waals surface area contributed by atoms with E-state index in [9.17, 15) is 9.59 Å². The molecule has 0 aromatic heterocycles. The van der Waals surface area contributed by atoms with Gasteiger partial charge in [-0.1, -0.05) is 18.2 Å². The van der Waals surface area contributed by atoms with E-state index in [4.69, 9.17) is 4.74 Å². The maximum Gasteiger partial charge on any atom is 0.255 e. The van der Waals surface area contributed by atoms with Gasteiger partial charge in [-0.15, -0.1) is 0 Å². The second-order valence-corrected chi connectivity index (χ2v) is 6.65. The Morgan fingerprint density at radius 3 is 2.14 bits per heavy atom. The molecule has 3 rings (SSSR count). The van der Waals surface area contributed by atoms with Gasteiger partial charge in [-0.2, -0.15) is 0 Å². The van der Waals surface area contributed by atoms with Crippen LogP contribution in [0.3, 0.4) is 0 Å². The highest BCUT2D eigenvalue weighted by molar-refractivity contribution is 6.04. The summed E-state index contributed by atoms with van der Waals surface area (Å²) in [5.41, 5.74) is 4.86. The van der Waals surface area contributed by atoms with Crippen LogP contribution in [-0.4, -0.2) is 25.5 Å². The zero-order valence-corrected chi connectivity index (χ0v) is 16.8. The van der Waals surface area contributed by atoms with Crippen LogP contribution in [0.15, 0.2) is 66.7 Å². The molecule has 29 heavy (non-hydrogen) atoms. The lowest BCUT2D eigenvalue weighted by atomic mass is 9.97. The van der Waals surface area contributed by atoms with E-state index in [-0.39, 0.29) is 11.8 Å². The maximum absolute atomic E-state index is 12.5. The van der Waals surface area contributed by atoms with Crippen LogP contribution in [0, 0.1) is 6.92 Å². The first-order chi connectivity index (χ1) is 14.0. The van der Waals surface area contributed by atoms with Crippen molar-refractivity contribution < 1.29 is 14.3 Å². The van der Waals surface area contributed by atoms with Crippen molar-refractivity contribution in [1.82, 2.24) is 5.32 Å². The summed E-state index contributed by atoms with van der Waals surface area (Å²) < 4.78 is 5.12. The Hall–Kier alpha value is -3.60. The quantitative estimate of drug-likeness (QED) is 0.645. The average molecular weight is 388 g/mol. The molecular formula is C24H24N2O3. The average Bonchev–Trinajstić information content (AvgIpc) is 2.75. The number of ether oxygens (including phenoxy) is 1. The molecule has 0 saturated carbocycles. The first kappa shape index (κ1) is 20.1. The number of aryl methyl sites for hydroxylation is 1. The molecule has 0 unspecified atom stereocenters. The van der Waals surface area contributed by atoms with Gasteiger partial charge in [0.05, 0.1) is 7.11 Å². The molecule has 0 fully saturated rings. The normalized spacial score (nSPS) is 10.3. The van der Waals surface area contributed by atoms with Crippen LogP contribution >= 0.6 is 0 Å². The van der Waals surface area contributed by atoms with Crippen molar-refractivity contribution in [2.45, 2.75) is 13.8 Å². The Morgan fingerprint density at radius 1 is 0.862 bits per heavy atom. The number of carbonyl (C=O) groups excluding carboxylic acids is 2. The van der Waals surface area contributed by atoms with Crippen LogP contribution in [-0.2, 0) is 0 Å². The molecule has 2 N–H and O–H groups in total. The van der Waals surface area contributed by atoms with E-state index in [1.807, 2.05) is 44.2 Å². The molecule has 5 nitrogen and oxygen atoms in total. The SMILES string of the molecule is CCNC(=O)c1ccc(C)c(-c2ccc(C(=O)Nc3ccc(OC)cc3)cc2)c1. The summed E-state index contributed by atoms with van der Waals surface area (Å²) in [5, 5.41) is 5.69. The van der Waals surface area contributed by atoms with E-state index in [0.29, 0.717) is 23.4 Å². The maximum atomic E-state index is 12.5. The van der Waals surface area contributed by atoms with Crippen LogP contribution in [0.25, 0.3) is 11.1 Å². The number of amides is 2. The minimum Gasteiger partial charge on any atom is -0.497 e. The Kier molecular flexibility index (Phi) is 6.29. The van der Waals surface area contributed by atoms with E-state index in [1.54, 1.807) is 43.5 Å². The van der Waals surface area contributed by atoms with Gasteiger partial charge >= 0.3 is 0 Å². The Labute approximate surface area is 170 Å². The van der Waals surface area contributed by atoms with Crippen molar-refractivity contribution in [3.63, 3.8) is 0 Å². The van der Waals surface area contributed by atoms with Gasteiger partial charge in [0.25, 0.3) is 11.8 Å². The number of hydrogen-bond acceptors (Lipinski definition) is 3. The van der Waals surface area contributed by atoms with Gasteiger partial charge in [-0.25, -0.2) is 0 Å². The molecule has 3 aromatic rings. The fraction of sp³-hybridized carbons (Fsp3) is 0.167.